The monoisotopic (exact) mass is 377 g/mol. The summed E-state index contributed by atoms with van der Waals surface area (Å²) in [7, 11) is 3.24. The lowest BCUT2D eigenvalue weighted by atomic mass is 10.2. The molecule has 144 valence electrons. The number of benzene rings is 2. The van der Waals surface area contributed by atoms with E-state index < -0.39 is 17.5 Å². The average Bonchev–Trinajstić information content (AvgIpc) is 2.61. The summed E-state index contributed by atoms with van der Waals surface area (Å²) < 4.78 is 32.3. The summed E-state index contributed by atoms with van der Waals surface area (Å²) in [5.41, 5.74) is 1.18. The predicted octanol–water partition coefficient (Wildman–Crippen LogP) is 2.79. The maximum Gasteiger partial charge on any atom is 0.259 e. The molecule has 6 nitrogen and oxygen atoms in total. The molecule has 0 aliphatic rings. The number of carbonyl (C=O) groups excluding carboxylic acids is 2. The normalized spacial score (nSPS) is 10.3. The van der Waals surface area contributed by atoms with Crippen molar-refractivity contribution in [1.29, 1.82) is 0 Å². The number of carbonyl (C=O) groups is 2. The SMILES string of the molecule is Cc1ccc(NCC(=O)Nc2cc(F)ccc2F)c(OCC(=O)N(C)C)c1. The second-order valence-corrected chi connectivity index (χ2v) is 6.10. The minimum absolute atomic E-state index is 0.147. The summed E-state index contributed by atoms with van der Waals surface area (Å²) in [5.74, 6) is -1.74. The van der Waals surface area contributed by atoms with Crippen molar-refractivity contribution in [1.82, 2.24) is 4.90 Å². The molecule has 0 saturated carbocycles. The smallest absolute Gasteiger partial charge is 0.259 e. The van der Waals surface area contributed by atoms with Gasteiger partial charge in [-0.3, -0.25) is 9.59 Å². The molecular formula is C19H21F2N3O3. The third-order valence-electron chi connectivity index (χ3n) is 3.63. The fourth-order valence-corrected chi connectivity index (χ4v) is 2.13. The van der Waals surface area contributed by atoms with E-state index in [4.69, 9.17) is 4.74 Å². The lowest BCUT2D eigenvalue weighted by Crippen LogP contribution is -2.28. The van der Waals surface area contributed by atoms with Crippen molar-refractivity contribution >= 4 is 23.2 Å². The van der Waals surface area contributed by atoms with Crippen molar-refractivity contribution in [3.63, 3.8) is 0 Å². The first-order chi connectivity index (χ1) is 12.8. The number of halogens is 2. The lowest BCUT2D eigenvalue weighted by Gasteiger charge is -2.16. The Hall–Kier alpha value is -3.16. The molecule has 0 aromatic heterocycles. The van der Waals surface area contributed by atoms with Crippen LogP contribution in [-0.2, 0) is 9.59 Å². The van der Waals surface area contributed by atoms with Crippen LogP contribution in [0, 0.1) is 18.6 Å². The van der Waals surface area contributed by atoms with Crippen LogP contribution in [0.1, 0.15) is 5.56 Å². The van der Waals surface area contributed by atoms with Crippen LogP contribution in [0.3, 0.4) is 0 Å². The Morgan fingerprint density at radius 2 is 1.81 bits per heavy atom. The molecule has 0 unspecified atom stereocenters. The van der Waals surface area contributed by atoms with E-state index in [1.807, 2.05) is 13.0 Å². The summed E-state index contributed by atoms with van der Waals surface area (Å²) in [4.78, 5) is 25.1. The molecule has 0 atom stereocenters. The molecule has 27 heavy (non-hydrogen) atoms. The van der Waals surface area contributed by atoms with Crippen molar-refractivity contribution < 1.29 is 23.1 Å². The van der Waals surface area contributed by atoms with Gasteiger partial charge in [0.2, 0.25) is 5.91 Å². The summed E-state index contributed by atoms with van der Waals surface area (Å²) >= 11 is 0. The van der Waals surface area contributed by atoms with Gasteiger partial charge >= 0.3 is 0 Å². The first kappa shape index (κ1) is 20.2. The van der Waals surface area contributed by atoms with Crippen molar-refractivity contribution in [2.24, 2.45) is 0 Å². The Kier molecular flexibility index (Phi) is 6.70. The van der Waals surface area contributed by atoms with Gasteiger partial charge in [0.1, 0.15) is 17.4 Å². The van der Waals surface area contributed by atoms with Gasteiger partial charge in [-0.05, 0) is 36.8 Å². The van der Waals surface area contributed by atoms with Gasteiger partial charge in [0, 0.05) is 20.2 Å². The first-order valence-corrected chi connectivity index (χ1v) is 8.18. The van der Waals surface area contributed by atoms with Gasteiger partial charge in [0.25, 0.3) is 5.91 Å². The van der Waals surface area contributed by atoms with Crippen molar-refractivity contribution in [3.05, 3.63) is 53.6 Å². The number of likely N-dealkylation sites (N-methyl/N-ethyl adjacent to an activating group) is 1. The topological polar surface area (TPSA) is 70.7 Å². The van der Waals surface area contributed by atoms with Gasteiger partial charge in [0.05, 0.1) is 17.9 Å². The van der Waals surface area contributed by atoms with Crippen LogP contribution in [0.15, 0.2) is 36.4 Å². The molecule has 0 fully saturated rings. The van der Waals surface area contributed by atoms with E-state index >= 15 is 0 Å². The van der Waals surface area contributed by atoms with E-state index in [9.17, 15) is 18.4 Å². The van der Waals surface area contributed by atoms with Gasteiger partial charge in [-0.1, -0.05) is 6.07 Å². The van der Waals surface area contributed by atoms with Crippen LogP contribution in [0.5, 0.6) is 5.75 Å². The summed E-state index contributed by atoms with van der Waals surface area (Å²) in [6, 6.07) is 8.06. The Labute approximate surface area is 156 Å². The maximum absolute atomic E-state index is 13.6. The van der Waals surface area contributed by atoms with Gasteiger partial charge in [0.15, 0.2) is 6.61 Å². The van der Waals surface area contributed by atoms with Crippen LogP contribution in [0.4, 0.5) is 20.2 Å². The van der Waals surface area contributed by atoms with E-state index in [2.05, 4.69) is 10.6 Å². The molecular weight excluding hydrogens is 356 g/mol. The molecule has 2 N–H and O–H groups in total. The largest absolute Gasteiger partial charge is 0.482 e. The highest BCUT2D eigenvalue weighted by Crippen LogP contribution is 2.25. The molecule has 0 aliphatic heterocycles. The molecule has 2 amide bonds. The number of rotatable bonds is 7. The van der Waals surface area contributed by atoms with Gasteiger partial charge in [-0.15, -0.1) is 0 Å². The zero-order chi connectivity index (χ0) is 20.0. The van der Waals surface area contributed by atoms with Crippen LogP contribution in [0.25, 0.3) is 0 Å². The number of ether oxygens (including phenoxy) is 1. The molecule has 0 bridgehead atoms. The van der Waals surface area contributed by atoms with Crippen molar-refractivity contribution in [2.45, 2.75) is 6.92 Å². The lowest BCUT2D eigenvalue weighted by molar-refractivity contribution is -0.130. The molecule has 2 rings (SSSR count). The predicted molar refractivity (Wildman–Crippen MR) is 98.8 cm³/mol. The summed E-state index contributed by atoms with van der Waals surface area (Å²) in [6.07, 6.45) is 0. The summed E-state index contributed by atoms with van der Waals surface area (Å²) in [5, 5.41) is 5.17. The minimum atomic E-state index is -0.730. The number of nitrogens with zero attached hydrogens (tertiary/aromatic N) is 1. The van der Waals surface area contributed by atoms with E-state index in [1.54, 1.807) is 26.2 Å². The number of hydrogen-bond donors (Lipinski definition) is 2. The van der Waals surface area contributed by atoms with Gasteiger partial charge in [-0.25, -0.2) is 8.78 Å². The third kappa shape index (κ3) is 5.95. The van der Waals surface area contributed by atoms with E-state index in [0.717, 1.165) is 23.8 Å². The highest BCUT2D eigenvalue weighted by molar-refractivity contribution is 5.94. The highest BCUT2D eigenvalue weighted by atomic mass is 19.1. The quantitative estimate of drug-likeness (QED) is 0.779. The molecule has 2 aromatic rings. The van der Waals surface area contributed by atoms with Crippen LogP contribution in [0.2, 0.25) is 0 Å². The fraction of sp³-hybridized carbons (Fsp3) is 0.263. The number of hydrogen-bond acceptors (Lipinski definition) is 4. The zero-order valence-electron chi connectivity index (χ0n) is 15.3. The molecule has 0 heterocycles. The number of aryl methyl sites for hydroxylation is 1. The van der Waals surface area contributed by atoms with Gasteiger partial charge in [-0.2, -0.15) is 0 Å². The third-order valence-corrected chi connectivity index (χ3v) is 3.63. The Morgan fingerprint density at radius 3 is 2.52 bits per heavy atom. The van der Waals surface area contributed by atoms with E-state index in [-0.39, 0.29) is 24.7 Å². The fourth-order valence-electron chi connectivity index (χ4n) is 2.13. The second kappa shape index (κ2) is 8.98. The minimum Gasteiger partial charge on any atom is -0.482 e. The zero-order valence-corrected chi connectivity index (χ0v) is 15.3. The number of nitrogens with one attached hydrogen (secondary N) is 2. The number of amides is 2. The second-order valence-electron chi connectivity index (χ2n) is 6.10. The number of anilines is 2. The Balaban J connectivity index is 2.01. The standard InChI is InChI=1S/C19H21F2N3O3/c1-12-4-7-15(17(8-12)27-11-19(26)24(2)3)22-10-18(25)23-16-9-13(20)5-6-14(16)21/h4-9,22H,10-11H2,1-3H3,(H,23,25). The first-order valence-electron chi connectivity index (χ1n) is 8.18. The van der Waals surface area contributed by atoms with Crippen LogP contribution in [-0.4, -0.2) is 44.0 Å². The highest BCUT2D eigenvalue weighted by Gasteiger charge is 2.12. The van der Waals surface area contributed by atoms with Crippen LogP contribution < -0.4 is 15.4 Å². The average molecular weight is 377 g/mol. The van der Waals surface area contributed by atoms with Crippen molar-refractivity contribution in [3.8, 4) is 5.75 Å². The van der Waals surface area contributed by atoms with E-state index in [0.29, 0.717) is 11.4 Å². The van der Waals surface area contributed by atoms with Crippen LogP contribution >= 0.6 is 0 Å². The molecule has 0 aliphatic carbocycles. The molecule has 8 heteroatoms. The van der Waals surface area contributed by atoms with Gasteiger partial charge < -0.3 is 20.3 Å². The Morgan fingerprint density at radius 1 is 1.07 bits per heavy atom. The molecule has 0 spiro atoms. The summed E-state index contributed by atoms with van der Waals surface area (Å²) in [6.45, 7) is 1.52. The van der Waals surface area contributed by atoms with E-state index in [1.165, 1.54) is 4.90 Å². The molecule has 0 saturated heterocycles. The van der Waals surface area contributed by atoms with Crippen molar-refractivity contribution in [2.75, 3.05) is 37.9 Å². The molecule has 0 radical (unpaired) electrons. The molecule has 2 aromatic carbocycles. The Bertz CT molecular complexity index is 841. The maximum atomic E-state index is 13.6.